The number of sulfonamides is 1. The third kappa shape index (κ3) is 3.72. The lowest BCUT2D eigenvalue weighted by molar-refractivity contribution is 0.0729. The summed E-state index contributed by atoms with van der Waals surface area (Å²) in [7, 11) is -2.25. The van der Waals surface area contributed by atoms with Gasteiger partial charge in [0.2, 0.25) is 10.0 Å². The number of rotatable bonds is 5. The summed E-state index contributed by atoms with van der Waals surface area (Å²) in [4.78, 5) is 2.27. The molecule has 0 spiro atoms. The minimum atomic E-state index is -3.72. The second-order valence-corrected chi connectivity index (χ2v) is 9.60. The highest BCUT2D eigenvalue weighted by atomic mass is 32.2. The molecule has 0 radical (unpaired) electrons. The van der Waals surface area contributed by atoms with Crippen LogP contribution in [-0.4, -0.2) is 62.9 Å². The van der Waals surface area contributed by atoms with E-state index in [4.69, 9.17) is 9.47 Å². The maximum Gasteiger partial charge on any atom is 0.246 e. The van der Waals surface area contributed by atoms with Crippen LogP contribution in [0.5, 0.6) is 5.75 Å². The second kappa shape index (κ2) is 8.50. The zero-order valence-electron chi connectivity index (χ0n) is 17.8. The number of fused-ring (bicyclic) bond motifs is 1. The van der Waals surface area contributed by atoms with Crippen molar-refractivity contribution in [3.63, 3.8) is 0 Å². The summed E-state index contributed by atoms with van der Waals surface area (Å²) in [5.74, 6) is 1.08. The molecule has 3 heterocycles. The van der Waals surface area contributed by atoms with Crippen LogP contribution in [0, 0.1) is 0 Å². The average Bonchev–Trinajstić information content (AvgIpc) is 3.28. The van der Waals surface area contributed by atoms with Crippen LogP contribution in [-0.2, 0) is 21.2 Å². The molecule has 0 unspecified atom stereocenters. The van der Waals surface area contributed by atoms with Crippen LogP contribution < -0.4 is 9.64 Å². The van der Waals surface area contributed by atoms with Crippen molar-refractivity contribution in [1.29, 1.82) is 0 Å². The molecular formula is C23H24N4O4S. The fraction of sp³-hybridized carbons (Fsp3) is 0.304. The molecule has 5 rings (SSSR count). The first kappa shape index (κ1) is 20.9. The van der Waals surface area contributed by atoms with Gasteiger partial charge < -0.3 is 14.4 Å². The summed E-state index contributed by atoms with van der Waals surface area (Å²) >= 11 is 0. The first-order chi connectivity index (χ1) is 15.6. The Hall–Kier alpha value is -3.01. The Morgan fingerprint density at radius 2 is 1.78 bits per heavy atom. The van der Waals surface area contributed by atoms with Gasteiger partial charge in [0.15, 0.2) is 5.82 Å². The molecule has 3 aromatic rings. The van der Waals surface area contributed by atoms with Gasteiger partial charge in [0.05, 0.1) is 26.0 Å². The smallest absolute Gasteiger partial charge is 0.246 e. The molecule has 8 nitrogen and oxygen atoms in total. The first-order valence-corrected chi connectivity index (χ1v) is 12.0. The van der Waals surface area contributed by atoms with E-state index in [9.17, 15) is 8.42 Å². The Kier molecular flexibility index (Phi) is 5.54. The minimum Gasteiger partial charge on any atom is -0.495 e. The molecule has 0 bridgehead atoms. The molecule has 2 aromatic carbocycles. The Labute approximate surface area is 187 Å². The van der Waals surface area contributed by atoms with Crippen LogP contribution in [0.25, 0.3) is 11.3 Å². The molecule has 166 valence electrons. The highest BCUT2D eigenvalue weighted by Crippen LogP contribution is 2.34. The van der Waals surface area contributed by atoms with Crippen LogP contribution in [0.4, 0.5) is 11.5 Å². The van der Waals surface area contributed by atoms with Crippen LogP contribution in [0.2, 0.25) is 0 Å². The standard InChI is InChI=1S/C23H24N4O4S/c1-30-21-8-6-18(16-22(21)32(28,29)26-12-14-31-15-13-26)19-7-9-23(25-24-19)27-11-10-17-4-2-3-5-20(17)27/h2-9,16H,10-15H2,1H3. The van der Waals surface area contributed by atoms with E-state index in [2.05, 4.69) is 27.2 Å². The molecule has 0 aliphatic carbocycles. The Morgan fingerprint density at radius 1 is 0.969 bits per heavy atom. The summed E-state index contributed by atoms with van der Waals surface area (Å²) in [6.45, 7) is 2.27. The number of benzene rings is 2. The summed E-state index contributed by atoms with van der Waals surface area (Å²) in [5, 5.41) is 8.83. The number of methoxy groups -OCH3 is 1. The molecule has 2 aliphatic heterocycles. The quantitative estimate of drug-likeness (QED) is 0.588. The van der Waals surface area contributed by atoms with Crippen molar-refractivity contribution in [3.05, 3.63) is 60.2 Å². The van der Waals surface area contributed by atoms with Crippen LogP contribution >= 0.6 is 0 Å². The Morgan fingerprint density at radius 3 is 2.53 bits per heavy atom. The average molecular weight is 453 g/mol. The highest BCUT2D eigenvalue weighted by Gasteiger charge is 2.30. The van der Waals surface area contributed by atoms with E-state index >= 15 is 0 Å². The van der Waals surface area contributed by atoms with Crippen molar-refractivity contribution >= 4 is 21.5 Å². The number of ether oxygens (including phenoxy) is 2. The molecule has 1 aromatic heterocycles. The van der Waals surface area contributed by atoms with Gasteiger partial charge in [-0.05, 0) is 48.4 Å². The highest BCUT2D eigenvalue weighted by molar-refractivity contribution is 7.89. The van der Waals surface area contributed by atoms with E-state index in [1.807, 2.05) is 24.3 Å². The van der Waals surface area contributed by atoms with Crippen molar-refractivity contribution in [2.75, 3.05) is 44.9 Å². The zero-order valence-corrected chi connectivity index (χ0v) is 18.6. The first-order valence-electron chi connectivity index (χ1n) is 10.5. The van der Waals surface area contributed by atoms with Gasteiger partial charge in [-0.2, -0.15) is 4.31 Å². The largest absolute Gasteiger partial charge is 0.495 e. The molecule has 0 saturated carbocycles. The lowest BCUT2D eigenvalue weighted by Crippen LogP contribution is -2.40. The van der Waals surface area contributed by atoms with Gasteiger partial charge >= 0.3 is 0 Å². The predicted octanol–water partition coefficient (Wildman–Crippen LogP) is 2.87. The molecule has 9 heteroatoms. The number of hydrogen-bond acceptors (Lipinski definition) is 7. The topological polar surface area (TPSA) is 84.9 Å². The fourth-order valence-corrected chi connectivity index (χ4v) is 5.75. The lowest BCUT2D eigenvalue weighted by Gasteiger charge is -2.26. The van der Waals surface area contributed by atoms with Crippen LogP contribution in [0.3, 0.4) is 0 Å². The van der Waals surface area contributed by atoms with Gasteiger partial charge in [-0.25, -0.2) is 8.42 Å². The van der Waals surface area contributed by atoms with E-state index in [1.54, 1.807) is 18.2 Å². The molecule has 1 fully saturated rings. The number of nitrogens with zero attached hydrogens (tertiary/aromatic N) is 4. The van der Waals surface area contributed by atoms with Gasteiger partial charge in [-0.3, -0.25) is 0 Å². The number of para-hydroxylation sites is 1. The van der Waals surface area contributed by atoms with E-state index in [-0.39, 0.29) is 4.90 Å². The van der Waals surface area contributed by atoms with E-state index in [0.717, 1.165) is 24.5 Å². The predicted molar refractivity (Wildman–Crippen MR) is 121 cm³/mol. The van der Waals surface area contributed by atoms with E-state index in [1.165, 1.54) is 17.0 Å². The number of hydrogen-bond donors (Lipinski definition) is 0. The van der Waals surface area contributed by atoms with E-state index < -0.39 is 10.0 Å². The van der Waals surface area contributed by atoms with Gasteiger partial charge in [0, 0.05) is 30.9 Å². The van der Waals surface area contributed by atoms with Crippen molar-refractivity contribution in [3.8, 4) is 17.0 Å². The summed E-state index contributed by atoms with van der Waals surface area (Å²) < 4.78 is 38.6. The monoisotopic (exact) mass is 452 g/mol. The maximum absolute atomic E-state index is 13.2. The molecule has 0 atom stereocenters. The fourth-order valence-electron chi connectivity index (χ4n) is 4.16. The van der Waals surface area contributed by atoms with Gasteiger partial charge in [-0.1, -0.05) is 18.2 Å². The summed E-state index contributed by atoms with van der Waals surface area (Å²) in [6.07, 6.45) is 0.973. The maximum atomic E-state index is 13.2. The summed E-state index contributed by atoms with van der Waals surface area (Å²) in [5.41, 5.74) is 3.71. The van der Waals surface area contributed by atoms with Crippen molar-refractivity contribution in [2.24, 2.45) is 0 Å². The molecule has 0 amide bonds. The van der Waals surface area contributed by atoms with Crippen molar-refractivity contribution in [1.82, 2.24) is 14.5 Å². The molecule has 32 heavy (non-hydrogen) atoms. The molecule has 0 N–H and O–H groups in total. The van der Waals surface area contributed by atoms with Crippen LogP contribution in [0.1, 0.15) is 5.56 Å². The van der Waals surface area contributed by atoms with Crippen molar-refractivity contribution < 1.29 is 17.9 Å². The second-order valence-electron chi connectivity index (χ2n) is 7.69. The number of anilines is 2. The normalized spacial score (nSPS) is 16.7. The lowest BCUT2D eigenvalue weighted by atomic mass is 10.1. The molecular weight excluding hydrogens is 428 g/mol. The van der Waals surface area contributed by atoms with E-state index in [0.29, 0.717) is 43.3 Å². The Balaban J connectivity index is 1.46. The van der Waals surface area contributed by atoms with Gasteiger partial charge in [-0.15, -0.1) is 10.2 Å². The molecule has 1 saturated heterocycles. The SMILES string of the molecule is COc1ccc(-c2ccc(N3CCc4ccccc43)nn2)cc1S(=O)(=O)N1CCOCC1. The third-order valence-corrected chi connectivity index (χ3v) is 7.78. The Bertz CT molecular complexity index is 1220. The van der Waals surface area contributed by atoms with Crippen molar-refractivity contribution in [2.45, 2.75) is 11.3 Å². The van der Waals surface area contributed by atoms with Gasteiger partial charge in [0.1, 0.15) is 10.6 Å². The third-order valence-electron chi connectivity index (χ3n) is 5.86. The minimum absolute atomic E-state index is 0.124. The van der Waals surface area contributed by atoms with Gasteiger partial charge in [0.25, 0.3) is 0 Å². The van der Waals surface area contributed by atoms with Crippen LogP contribution in [0.15, 0.2) is 59.5 Å². The number of aromatic nitrogens is 2. The molecule has 2 aliphatic rings. The number of morpholine rings is 1. The zero-order chi connectivity index (χ0) is 22.1. The summed E-state index contributed by atoms with van der Waals surface area (Å²) in [6, 6.07) is 17.1.